The molecule has 180 valence electrons. The summed E-state index contributed by atoms with van der Waals surface area (Å²) in [4.78, 5) is 18.5. The van der Waals surface area contributed by atoms with E-state index in [4.69, 9.17) is 5.10 Å². The van der Waals surface area contributed by atoms with Crippen LogP contribution in [0.25, 0.3) is 5.70 Å². The van der Waals surface area contributed by atoms with Gasteiger partial charge in [0.25, 0.3) is 0 Å². The fourth-order valence-electron chi connectivity index (χ4n) is 5.16. The normalized spacial score (nSPS) is 18.6. The minimum atomic E-state index is 0.448. The zero-order valence-electron chi connectivity index (χ0n) is 20.0. The molecule has 0 unspecified atom stereocenters. The van der Waals surface area contributed by atoms with Gasteiger partial charge in [-0.1, -0.05) is 48.5 Å². The van der Waals surface area contributed by atoms with E-state index in [0.717, 1.165) is 78.4 Å². The van der Waals surface area contributed by atoms with Crippen molar-refractivity contribution in [2.24, 2.45) is 5.10 Å². The number of fused-ring (bicyclic) bond motifs is 1. The topological polar surface area (TPSA) is 77.5 Å². The number of carbonyl (C=O) groups is 1. The van der Waals surface area contributed by atoms with E-state index >= 15 is 0 Å². The lowest BCUT2D eigenvalue weighted by atomic mass is 9.93. The Morgan fingerprint density at radius 2 is 1.83 bits per heavy atom. The molecule has 3 heterocycles. The van der Waals surface area contributed by atoms with Crippen molar-refractivity contribution in [2.75, 3.05) is 18.1 Å². The van der Waals surface area contributed by atoms with E-state index in [9.17, 15) is 4.79 Å². The first-order valence-corrected chi connectivity index (χ1v) is 12.5. The zero-order valence-corrected chi connectivity index (χ0v) is 20.0. The summed E-state index contributed by atoms with van der Waals surface area (Å²) in [5, 5.41) is 14.0. The van der Waals surface area contributed by atoms with Crippen molar-refractivity contribution in [1.29, 1.82) is 0 Å². The molecule has 7 nitrogen and oxygen atoms in total. The standard InChI is InChI=1S/C29H28N6O/c36-19-24-7-4-8-27-26(24)17-28(22-5-2-1-3-6-22)35(33-27)25-11-9-21(10-12-25)18-34-15-13-23(14-16-34)29-30-20-31-32-29/h1-6,8-12,17,19-20,23H,7,13-16,18H2,(H,30,31,32). The lowest BCUT2D eigenvalue weighted by Crippen LogP contribution is -2.32. The highest BCUT2D eigenvalue weighted by Gasteiger charge is 2.25. The molecule has 1 fully saturated rings. The number of anilines is 1. The maximum Gasteiger partial charge on any atom is 0.153 e. The fraction of sp³-hybridized carbons (Fsp3) is 0.241. The molecule has 0 saturated carbocycles. The van der Waals surface area contributed by atoms with Crippen molar-refractivity contribution in [3.05, 3.63) is 107 Å². The molecule has 1 saturated heterocycles. The van der Waals surface area contributed by atoms with E-state index in [1.165, 1.54) is 5.56 Å². The van der Waals surface area contributed by atoms with Crippen molar-refractivity contribution in [2.45, 2.75) is 31.7 Å². The monoisotopic (exact) mass is 476 g/mol. The average Bonchev–Trinajstić information content (AvgIpc) is 3.48. The summed E-state index contributed by atoms with van der Waals surface area (Å²) in [5.41, 5.74) is 6.80. The van der Waals surface area contributed by atoms with E-state index < -0.39 is 0 Å². The number of carbonyl (C=O) groups excluding carboxylic acids is 1. The third-order valence-electron chi connectivity index (χ3n) is 7.14. The van der Waals surface area contributed by atoms with Gasteiger partial charge in [-0.25, -0.2) is 9.99 Å². The van der Waals surface area contributed by atoms with Crippen LogP contribution in [0.15, 0.2) is 95.4 Å². The zero-order chi connectivity index (χ0) is 24.3. The molecule has 0 amide bonds. The lowest BCUT2D eigenvalue weighted by Gasteiger charge is -2.31. The summed E-state index contributed by atoms with van der Waals surface area (Å²) in [5.74, 6) is 1.39. The van der Waals surface area contributed by atoms with Crippen LogP contribution in [-0.4, -0.2) is 45.2 Å². The molecule has 0 radical (unpaired) electrons. The number of hydrazone groups is 1. The van der Waals surface area contributed by atoms with Crippen LogP contribution in [-0.2, 0) is 11.3 Å². The maximum absolute atomic E-state index is 11.7. The Hall–Kier alpha value is -4.10. The highest BCUT2D eigenvalue weighted by atomic mass is 16.1. The molecule has 1 aliphatic carbocycles. The van der Waals surface area contributed by atoms with Crippen LogP contribution in [0.5, 0.6) is 0 Å². The van der Waals surface area contributed by atoms with Crippen LogP contribution in [0.3, 0.4) is 0 Å². The lowest BCUT2D eigenvalue weighted by molar-refractivity contribution is -0.105. The molecule has 7 heteroatoms. The molecule has 3 aliphatic rings. The van der Waals surface area contributed by atoms with Crippen molar-refractivity contribution < 1.29 is 4.79 Å². The van der Waals surface area contributed by atoms with Crippen molar-refractivity contribution >= 4 is 23.4 Å². The van der Waals surface area contributed by atoms with E-state index in [1.807, 2.05) is 35.4 Å². The van der Waals surface area contributed by atoms with Gasteiger partial charge in [0.1, 0.15) is 12.6 Å². The summed E-state index contributed by atoms with van der Waals surface area (Å²) in [6.45, 7) is 3.01. The number of nitrogens with zero attached hydrogens (tertiary/aromatic N) is 5. The third kappa shape index (κ3) is 4.45. The van der Waals surface area contributed by atoms with E-state index in [2.05, 4.69) is 62.6 Å². The molecule has 0 bridgehead atoms. The van der Waals surface area contributed by atoms with Crippen molar-refractivity contribution in [1.82, 2.24) is 20.1 Å². The Morgan fingerprint density at radius 1 is 1.03 bits per heavy atom. The highest BCUT2D eigenvalue weighted by Crippen LogP contribution is 2.34. The first-order valence-electron chi connectivity index (χ1n) is 12.5. The van der Waals surface area contributed by atoms with Crippen molar-refractivity contribution in [3.63, 3.8) is 0 Å². The number of rotatable bonds is 6. The molecular weight excluding hydrogens is 448 g/mol. The Kier molecular flexibility index (Phi) is 6.13. The molecule has 1 N–H and O–H groups in total. The number of piperidine rings is 1. The van der Waals surface area contributed by atoms with Gasteiger partial charge < -0.3 is 0 Å². The number of aldehydes is 1. The van der Waals surface area contributed by atoms with Gasteiger partial charge in [-0.15, -0.1) is 0 Å². The largest absolute Gasteiger partial charge is 0.299 e. The summed E-state index contributed by atoms with van der Waals surface area (Å²) < 4.78 is 0. The summed E-state index contributed by atoms with van der Waals surface area (Å²) in [6, 6.07) is 18.9. The maximum atomic E-state index is 11.7. The summed E-state index contributed by atoms with van der Waals surface area (Å²) >= 11 is 0. The van der Waals surface area contributed by atoms with Crippen molar-refractivity contribution in [3.8, 4) is 0 Å². The van der Waals surface area contributed by atoms with Gasteiger partial charge in [0.15, 0.2) is 5.82 Å². The number of aromatic nitrogens is 3. The summed E-state index contributed by atoms with van der Waals surface area (Å²) in [6.07, 6.45) is 11.5. The quantitative estimate of drug-likeness (QED) is 0.515. The number of nitrogens with one attached hydrogen (secondary N) is 1. The molecule has 2 aromatic carbocycles. The second-order valence-corrected chi connectivity index (χ2v) is 9.43. The molecule has 0 spiro atoms. The second-order valence-electron chi connectivity index (χ2n) is 9.43. The Morgan fingerprint density at radius 3 is 2.56 bits per heavy atom. The molecule has 2 aliphatic heterocycles. The Labute approximate surface area is 210 Å². The van der Waals surface area contributed by atoms with Gasteiger partial charge in [-0.3, -0.25) is 14.8 Å². The van der Waals surface area contributed by atoms with E-state index in [-0.39, 0.29) is 0 Å². The highest BCUT2D eigenvalue weighted by molar-refractivity contribution is 6.17. The van der Waals surface area contributed by atoms with Gasteiger partial charge in [-0.05, 0) is 62.2 Å². The number of likely N-dealkylation sites (tertiary alicyclic amines) is 1. The van der Waals surface area contributed by atoms with Crippen LogP contribution < -0.4 is 5.01 Å². The van der Waals surface area contributed by atoms with Crippen LogP contribution in [0.1, 0.15) is 42.1 Å². The number of aromatic amines is 1. The number of allylic oxidation sites excluding steroid dienone is 5. The molecular formula is C29H28N6O. The predicted octanol–water partition coefficient (Wildman–Crippen LogP) is 4.86. The second kappa shape index (κ2) is 9.87. The Bertz CT molecular complexity index is 1340. The fourth-order valence-corrected chi connectivity index (χ4v) is 5.16. The number of hydrogen-bond donors (Lipinski definition) is 1. The predicted molar refractivity (Wildman–Crippen MR) is 141 cm³/mol. The number of H-pyrrole nitrogens is 1. The first kappa shape index (κ1) is 22.4. The molecule has 6 rings (SSSR count). The summed E-state index contributed by atoms with van der Waals surface area (Å²) in [7, 11) is 0. The minimum Gasteiger partial charge on any atom is -0.299 e. The first-order chi connectivity index (χ1) is 17.8. The van der Waals surface area contributed by atoms with E-state index in [1.54, 1.807) is 6.33 Å². The smallest absolute Gasteiger partial charge is 0.153 e. The van der Waals surface area contributed by atoms with Gasteiger partial charge in [0.2, 0.25) is 0 Å². The molecule has 1 aromatic heterocycles. The van der Waals surface area contributed by atoms with Gasteiger partial charge >= 0.3 is 0 Å². The van der Waals surface area contributed by atoms with Gasteiger partial charge in [0, 0.05) is 29.2 Å². The number of hydrogen-bond acceptors (Lipinski definition) is 6. The number of benzene rings is 2. The van der Waals surface area contributed by atoms with Crippen LogP contribution >= 0.6 is 0 Å². The minimum absolute atomic E-state index is 0.448. The van der Waals surface area contributed by atoms with Gasteiger partial charge in [-0.2, -0.15) is 10.2 Å². The van der Waals surface area contributed by atoms with Crippen LogP contribution in [0, 0.1) is 0 Å². The molecule has 0 atom stereocenters. The Balaban J connectivity index is 1.21. The molecule has 36 heavy (non-hydrogen) atoms. The SMILES string of the molecule is O=CC1=C2C=C(c3ccccc3)N(c3ccc(CN4CCC(c5nc[nH]n5)CC4)cc3)N=C2C=CC1. The average molecular weight is 477 g/mol. The van der Waals surface area contributed by atoms with Crippen LogP contribution in [0.2, 0.25) is 0 Å². The van der Waals surface area contributed by atoms with Gasteiger partial charge in [0.05, 0.1) is 17.1 Å². The third-order valence-corrected chi connectivity index (χ3v) is 7.14. The van der Waals surface area contributed by atoms with E-state index in [0.29, 0.717) is 12.3 Å². The molecule has 3 aromatic rings. The van der Waals surface area contributed by atoms with Crippen LogP contribution in [0.4, 0.5) is 5.69 Å².